The average molecular weight is 292 g/mol. The molecule has 0 aromatic heterocycles. The van der Waals surface area contributed by atoms with E-state index in [0.717, 1.165) is 38.5 Å². The van der Waals surface area contributed by atoms with Gasteiger partial charge in [0.1, 0.15) is 5.75 Å². The fraction of sp³-hybridized carbons (Fsp3) is 0.647. The van der Waals surface area contributed by atoms with Gasteiger partial charge in [-0.2, -0.15) is 0 Å². The molecular formula is C17H28N2O2. The minimum absolute atomic E-state index is 0.306. The van der Waals surface area contributed by atoms with Gasteiger partial charge in [0.05, 0.1) is 12.7 Å². The molecule has 0 aliphatic carbocycles. The van der Waals surface area contributed by atoms with E-state index in [1.54, 1.807) is 0 Å². The molecule has 0 radical (unpaired) electrons. The molecule has 1 aromatic rings. The molecule has 1 aliphatic heterocycles. The number of aryl methyl sites for hydroxylation is 2. The summed E-state index contributed by atoms with van der Waals surface area (Å²) in [6, 6.07) is 6.13. The van der Waals surface area contributed by atoms with Crippen molar-refractivity contribution in [3.63, 3.8) is 0 Å². The van der Waals surface area contributed by atoms with E-state index in [2.05, 4.69) is 42.8 Å². The van der Waals surface area contributed by atoms with Crippen LogP contribution in [0, 0.1) is 13.8 Å². The SMILES string of the molecule is Cc1ccc(OCCC(O)CN2CCN(C)CC2)cc1C. The summed E-state index contributed by atoms with van der Waals surface area (Å²) in [5, 5.41) is 10.1. The standard InChI is InChI=1S/C17H28N2O2/c1-14-4-5-17(12-15(14)2)21-11-6-16(20)13-19-9-7-18(3)8-10-19/h4-5,12,16,20H,6-11,13H2,1-3H3. The maximum absolute atomic E-state index is 10.1. The number of nitrogens with zero attached hydrogens (tertiary/aromatic N) is 2. The minimum Gasteiger partial charge on any atom is -0.493 e. The van der Waals surface area contributed by atoms with E-state index >= 15 is 0 Å². The van der Waals surface area contributed by atoms with Crippen LogP contribution in [-0.4, -0.2) is 67.4 Å². The average Bonchev–Trinajstić information content (AvgIpc) is 2.45. The van der Waals surface area contributed by atoms with Gasteiger partial charge in [0.2, 0.25) is 0 Å². The Balaban J connectivity index is 1.66. The van der Waals surface area contributed by atoms with Gasteiger partial charge in [-0.25, -0.2) is 0 Å². The molecular weight excluding hydrogens is 264 g/mol. The quantitative estimate of drug-likeness (QED) is 0.865. The number of hydrogen-bond acceptors (Lipinski definition) is 4. The normalized spacial score (nSPS) is 18.7. The van der Waals surface area contributed by atoms with E-state index in [1.807, 2.05) is 6.07 Å². The van der Waals surface area contributed by atoms with Crippen LogP contribution in [0.1, 0.15) is 17.5 Å². The van der Waals surface area contributed by atoms with Crippen molar-refractivity contribution in [3.8, 4) is 5.75 Å². The van der Waals surface area contributed by atoms with E-state index in [4.69, 9.17) is 4.74 Å². The van der Waals surface area contributed by atoms with Gasteiger partial charge in [-0.15, -0.1) is 0 Å². The number of likely N-dealkylation sites (N-methyl/N-ethyl adjacent to an activating group) is 1. The van der Waals surface area contributed by atoms with E-state index in [9.17, 15) is 5.11 Å². The van der Waals surface area contributed by atoms with Crippen LogP contribution in [0.2, 0.25) is 0 Å². The maximum atomic E-state index is 10.1. The summed E-state index contributed by atoms with van der Waals surface area (Å²) in [6.45, 7) is 9.78. The molecule has 118 valence electrons. The van der Waals surface area contributed by atoms with Crippen LogP contribution in [0.3, 0.4) is 0 Å². The third-order valence-corrected chi connectivity index (χ3v) is 4.26. The number of aliphatic hydroxyl groups excluding tert-OH is 1. The highest BCUT2D eigenvalue weighted by Gasteiger charge is 2.16. The second-order valence-electron chi connectivity index (χ2n) is 6.14. The number of benzene rings is 1. The molecule has 1 heterocycles. The van der Waals surface area contributed by atoms with Gasteiger partial charge >= 0.3 is 0 Å². The summed E-state index contributed by atoms with van der Waals surface area (Å²) in [5.41, 5.74) is 2.52. The first-order valence-corrected chi connectivity index (χ1v) is 7.83. The summed E-state index contributed by atoms with van der Waals surface area (Å²) in [4.78, 5) is 4.66. The number of hydrogen-bond donors (Lipinski definition) is 1. The molecule has 1 aromatic carbocycles. The Labute approximate surface area is 128 Å². The van der Waals surface area contributed by atoms with Crippen LogP contribution in [0.4, 0.5) is 0 Å². The van der Waals surface area contributed by atoms with Crippen molar-refractivity contribution in [1.29, 1.82) is 0 Å². The zero-order chi connectivity index (χ0) is 15.2. The highest BCUT2D eigenvalue weighted by molar-refractivity contribution is 5.33. The van der Waals surface area contributed by atoms with Crippen LogP contribution < -0.4 is 4.74 Å². The predicted molar refractivity (Wildman–Crippen MR) is 86.0 cm³/mol. The highest BCUT2D eigenvalue weighted by atomic mass is 16.5. The highest BCUT2D eigenvalue weighted by Crippen LogP contribution is 2.16. The number of ether oxygens (including phenoxy) is 1. The lowest BCUT2D eigenvalue weighted by atomic mass is 10.1. The van der Waals surface area contributed by atoms with Crippen molar-refractivity contribution in [2.45, 2.75) is 26.4 Å². The second kappa shape index (κ2) is 7.78. The Bertz CT molecular complexity index is 442. The van der Waals surface area contributed by atoms with Crippen LogP contribution in [-0.2, 0) is 0 Å². The van der Waals surface area contributed by atoms with Crippen molar-refractivity contribution in [1.82, 2.24) is 9.80 Å². The van der Waals surface area contributed by atoms with Gasteiger partial charge in [0, 0.05) is 39.1 Å². The van der Waals surface area contributed by atoms with Crippen LogP contribution in [0.15, 0.2) is 18.2 Å². The van der Waals surface area contributed by atoms with Crippen molar-refractivity contribution in [2.75, 3.05) is 46.4 Å². The Morgan fingerprint density at radius 3 is 2.52 bits per heavy atom. The summed E-state index contributed by atoms with van der Waals surface area (Å²) < 4.78 is 5.73. The molecule has 0 bridgehead atoms. The molecule has 0 saturated carbocycles. The first kappa shape index (κ1) is 16.3. The lowest BCUT2D eigenvalue weighted by Crippen LogP contribution is -2.47. The van der Waals surface area contributed by atoms with Crippen molar-refractivity contribution < 1.29 is 9.84 Å². The van der Waals surface area contributed by atoms with Crippen LogP contribution >= 0.6 is 0 Å². The van der Waals surface area contributed by atoms with Crippen LogP contribution in [0.25, 0.3) is 0 Å². The molecule has 1 unspecified atom stereocenters. The lowest BCUT2D eigenvalue weighted by molar-refractivity contribution is 0.0672. The third kappa shape index (κ3) is 5.30. The van der Waals surface area contributed by atoms with Gasteiger partial charge in [-0.1, -0.05) is 6.07 Å². The molecule has 0 amide bonds. The number of β-amino-alcohol motifs (C(OH)–C–C–N with tert-alkyl or cyclic N) is 1. The minimum atomic E-state index is -0.306. The predicted octanol–water partition coefficient (Wildman–Crippen LogP) is 1.68. The summed E-state index contributed by atoms with van der Waals surface area (Å²) in [6.07, 6.45) is 0.374. The molecule has 0 spiro atoms. The summed E-state index contributed by atoms with van der Waals surface area (Å²) in [7, 11) is 2.14. The van der Waals surface area contributed by atoms with Crippen molar-refractivity contribution >= 4 is 0 Å². The monoisotopic (exact) mass is 292 g/mol. The molecule has 2 rings (SSSR count). The molecule has 1 aliphatic rings. The fourth-order valence-corrected chi connectivity index (χ4v) is 2.54. The Morgan fingerprint density at radius 1 is 1.14 bits per heavy atom. The Hall–Kier alpha value is -1.10. The van der Waals surface area contributed by atoms with E-state index in [0.29, 0.717) is 13.0 Å². The van der Waals surface area contributed by atoms with Crippen molar-refractivity contribution in [3.05, 3.63) is 29.3 Å². The molecule has 4 nitrogen and oxygen atoms in total. The molecule has 1 N–H and O–H groups in total. The topological polar surface area (TPSA) is 35.9 Å². The van der Waals surface area contributed by atoms with Crippen LogP contribution in [0.5, 0.6) is 5.75 Å². The molecule has 1 fully saturated rings. The zero-order valence-electron chi connectivity index (χ0n) is 13.5. The molecule has 1 saturated heterocycles. The van der Waals surface area contributed by atoms with Gasteiger partial charge < -0.3 is 14.7 Å². The third-order valence-electron chi connectivity index (χ3n) is 4.26. The number of aliphatic hydroxyl groups is 1. The van der Waals surface area contributed by atoms with Gasteiger partial charge in [0.15, 0.2) is 0 Å². The Kier molecular flexibility index (Phi) is 6.03. The van der Waals surface area contributed by atoms with E-state index in [1.165, 1.54) is 11.1 Å². The first-order chi connectivity index (χ1) is 10.0. The maximum Gasteiger partial charge on any atom is 0.119 e. The van der Waals surface area contributed by atoms with Gasteiger partial charge in [-0.05, 0) is 44.2 Å². The Morgan fingerprint density at radius 2 is 1.86 bits per heavy atom. The lowest BCUT2D eigenvalue weighted by Gasteiger charge is -2.33. The zero-order valence-corrected chi connectivity index (χ0v) is 13.5. The second-order valence-corrected chi connectivity index (χ2v) is 6.14. The first-order valence-electron chi connectivity index (χ1n) is 7.83. The number of piperazine rings is 1. The molecule has 1 atom stereocenters. The van der Waals surface area contributed by atoms with Gasteiger partial charge in [0.25, 0.3) is 0 Å². The molecule has 21 heavy (non-hydrogen) atoms. The fourth-order valence-electron chi connectivity index (χ4n) is 2.54. The van der Waals surface area contributed by atoms with E-state index in [-0.39, 0.29) is 6.10 Å². The summed E-state index contributed by atoms with van der Waals surface area (Å²) in [5.74, 6) is 0.893. The largest absolute Gasteiger partial charge is 0.493 e. The summed E-state index contributed by atoms with van der Waals surface area (Å²) >= 11 is 0. The molecule has 4 heteroatoms. The van der Waals surface area contributed by atoms with Gasteiger partial charge in [-0.3, -0.25) is 4.90 Å². The van der Waals surface area contributed by atoms with E-state index < -0.39 is 0 Å². The van der Waals surface area contributed by atoms with Crippen molar-refractivity contribution in [2.24, 2.45) is 0 Å². The number of rotatable bonds is 6. The smallest absolute Gasteiger partial charge is 0.119 e.